The number of nitrogens with two attached hydrogens (primary N) is 1. The van der Waals surface area contributed by atoms with Gasteiger partial charge in [0.15, 0.2) is 0 Å². The normalized spacial score (nSPS) is 20.8. The lowest BCUT2D eigenvalue weighted by atomic mass is 9.88. The number of piperidine rings is 2. The highest BCUT2D eigenvalue weighted by atomic mass is 16.6. The molecule has 0 aliphatic carbocycles. The van der Waals surface area contributed by atoms with Crippen molar-refractivity contribution in [1.82, 2.24) is 19.8 Å². The van der Waals surface area contributed by atoms with E-state index in [1.807, 2.05) is 35.2 Å². The maximum atomic E-state index is 13.3. The monoisotopic (exact) mass is 436 g/mol. The third-order valence-corrected chi connectivity index (χ3v) is 6.42. The van der Waals surface area contributed by atoms with Gasteiger partial charge in [-0.05, 0) is 62.1 Å². The zero-order valence-corrected chi connectivity index (χ0v) is 18.7. The minimum absolute atomic E-state index is 0.0578. The minimum Gasteiger partial charge on any atom is -0.399 e. The number of likely N-dealkylation sites (tertiary alicyclic amines) is 2. The van der Waals surface area contributed by atoms with Crippen molar-refractivity contribution in [2.75, 3.05) is 39.0 Å². The zero-order valence-electron chi connectivity index (χ0n) is 18.7. The molecule has 2 aromatic rings. The van der Waals surface area contributed by atoms with E-state index in [0.29, 0.717) is 5.82 Å². The maximum absolute atomic E-state index is 13.3. The quantitative estimate of drug-likeness (QED) is 0.552. The standard InChI is InChI=1S/C24H32N6O2/c1-32-28-23(21-6-2-3-10-26-21)19-8-13-30(14-9-19)24(31)20-5-4-12-29(17-20)16-18-7-11-27-22(25)15-18/h2-3,6-7,10-11,15,19-20H,4-5,8-9,12-14,16-17H2,1H3,(H2,25,27)/b28-23+. The second kappa shape index (κ2) is 10.5. The van der Waals surface area contributed by atoms with Crippen LogP contribution in [-0.4, -0.2) is 64.7 Å². The molecule has 0 radical (unpaired) electrons. The molecule has 4 rings (SSSR count). The van der Waals surface area contributed by atoms with E-state index in [9.17, 15) is 4.79 Å². The molecule has 2 saturated heterocycles. The average Bonchev–Trinajstić information content (AvgIpc) is 2.83. The lowest BCUT2D eigenvalue weighted by Gasteiger charge is -2.38. The van der Waals surface area contributed by atoms with E-state index in [-0.39, 0.29) is 17.7 Å². The Morgan fingerprint density at radius 3 is 2.69 bits per heavy atom. The number of carbonyl (C=O) groups excluding carboxylic acids is 1. The maximum Gasteiger partial charge on any atom is 0.226 e. The number of oxime groups is 1. The Bertz CT molecular complexity index is 927. The predicted octanol–water partition coefficient (Wildman–Crippen LogP) is 2.56. The number of hydrogen-bond donors (Lipinski definition) is 1. The first-order valence-corrected chi connectivity index (χ1v) is 11.4. The molecule has 1 atom stereocenters. The fraction of sp³-hybridized carbons (Fsp3) is 0.500. The second-order valence-electron chi connectivity index (χ2n) is 8.64. The van der Waals surface area contributed by atoms with Gasteiger partial charge >= 0.3 is 0 Å². The molecule has 32 heavy (non-hydrogen) atoms. The molecule has 0 aromatic carbocycles. The SMILES string of the molecule is CO/N=C(/c1ccccn1)C1CCN(C(=O)C2CCCN(Cc3ccnc(N)c3)C2)CC1. The van der Waals surface area contributed by atoms with E-state index in [1.165, 1.54) is 0 Å². The van der Waals surface area contributed by atoms with Gasteiger partial charge in [-0.15, -0.1) is 0 Å². The summed E-state index contributed by atoms with van der Waals surface area (Å²) in [5, 5.41) is 4.26. The van der Waals surface area contributed by atoms with Crippen LogP contribution in [0.2, 0.25) is 0 Å². The smallest absolute Gasteiger partial charge is 0.226 e. The van der Waals surface area contributed by atoms with Gasteiger partial charge in [0.2, 0.25) is 5.91 Å². The van der Waals surface area contributed by atoms with Gasteiger partial charge in [0.25, 0.3) is 0 Å². The van der Waals surface area contributed by atoms with E-state index < -0.39 is 0 Å². The van der Waals surface area contributed by atoms with Gasteiger partial charge in [-0.2, -0.15) is 0 Å². The summed E-state index contributed by atoms with van der Waals surface area (Å²) >= 11 is 0. The summed E-state index contributed by atoms with van der Waals surface area (Å²) in [7, 11) is 1.57. The van der Waals surface area contributed by atoms with E-state index in [2.05, 4.69) is 20.0 Å². The van der Waals surface area contributed by atoms with Crippen molar-refractivity contribution in [2.24, 2.45) is 17.0 Å². The summed E-state index contributed by atoms with van der Waals surface area (Å²) in [4.78, 5) is 31.3. The molecule has 2 aromatic heterocycles. The molecule has 1 unspecified atom stereocenters. The third kappa shape index (κ3) is 5.43. The molecule has 2 fully saturated rings. The van der Waals surface area contributed by atoms with Crippen molar-refractivity contribution in [3.8, 4) is 0 Å². The van der Waals surface area contributed by atoms with Crippen LogP contribution < -0.4 is 5.73 Å². The summed E-state index contributed by atoms with van der Waals surface area (Å²) in [5.41, 5.74) is 8.68. The molecule has 0 spiro atoms. The number of amides is 1. The van der Waals surface area contributed by atoms with Crippen molar-refractivity contribution in [2.45, 2.75) is 32.2 Å². The Balaban J connectivity index is 1.33. The van der Waals surface area contributed by atoms with E-state index in [4.69, 9.17) is 10.6 Å². The summed E-state index contributed by atoms with van der Waals surface area (Å²) in [6.45, 7) is 4.10. The molecule has 0 bridgehead atoms. The molecule has 170 valence electrons. The first-order chi connectivity index (χ1) is 15.6. The van der Waals surface area contributed by atoms with Crippen molar-refractivity contribution >= 4 is 17.4 Å². The molecular weight excluding hydrogens is 404 g/mol. The zero-order chi connectivity index (χ0) is 22.3. The second-order valence-corrected chi connectivity index (χ2v) is 8.64. The highest BCUT2D eigenvalue weighted by molar-refractivity contribution is 6.00. The molecule has 1 amide bonds. The van der Waals surface area contributed by atoms with Gasteiger partial charge in [0, 0.05) is 44.5 Å². The molecule has 8 nitrogen and oxygen atoms in total. The molecular formula is C24H32N6O2. The topological polar surface area (TPSA) is 96.9 Å². The average molecular weight is 437 g/mol. The number of nitrogens with zero attached hydrogens (tertiary/aromatic N) is 5. The largest absolute Gasteiger partial charge is 0.399 e. The number of nitrogen functional groups attached to an aromatic ring is 1. The summed E-state index contributed by atoms with van der Waals surface area (Å²) in [5.74, 6) is 1.12. The van der Waals surface area contributed by atoms with E-state index in [0.717, 1.165) is 75.4 Å². The Morgan fingerprint density at radius 1 is 1.12 bits per heavy atom. The van der Waals surface area contributed by atoms with Gasteiger partial charge in [0.1, 0.15) is 18.6 Å². The molecule has 2 aliphatic rings. The molecule has 4 heterocycles. The van der Waals surface area contributed by atoms with Crippen molar-refractivity contribution in [3.05, 3.63) is 54.0 Å². The van der Waals surface area contributed by atoms with Crippen LogP contribution >= 0.6 is 0 Å². The number of pyridine rings is 2. The van der Waals surface area contributed by atoms with Crippen LogP contribution in [0.3, 0.4) is 0 Å². The van der Waals surface area contributed by atoms with Crippen molar-refractivity contribution in [3.63, 3.8) is 0 Å². The number of aromatic nitrogens is 2. The van der Waals surface area contributed by atoms with Crippen molar-refractivity contribution < 1.29 is 9.63 Å². The summed E-state index contributed by atoms with van der Waals surface area (Å²) in [6, 6.07) is 9.72. The van der Waals surface area contributed by atoms with E-state index in [1.54, 1.807) is 19.5 Å². The lowest BCUT2D eigenvalue weighted by Crippen LogP contribution is -2.47. The minimum atomic E-state index is 0.0578. The van der Waals surface area contributed by atoms with Crippen LogP contribution in [0.15, 0.2) is 47.9 Å². The number of rotatable bonds is 6. The molecule has 8 heteroatoms. The van der Waals surface area contributed by atoms with E-state index >= 15 is 0 Å². The number of carbonyl (C=O) groups is 1. The van der Waals surface area contributed by atoms with Crippen LogP contribution in [0.1, 0.15) is 36.9 Å². The van der Waals surface area contributed by atoms with Gasteiger partial charge in [0.05, 0.1) is 11.6 Å². The van der Waals surface area contributed by atoms with Crippen LogP contribution in [0, 0.1) is 11.8 Å². The Kier molecular flexibility index (Phi) is 7.32. The first-order valence-electron chi connectivity index (χ1n) is 11.4. The Labute approximate surface area is 189 Å². The number of hydrogen-bond acceptors (Lipinski definition) is 7. The van der Waals surface area contributed by atoms with Gasteiger partial charge in [-0.1, -0.05) is 11.2 Å². The molecule has 2 aliphatic heterocycles. The van der Waals surface area contributed by atoms with Crippen LogP contribution in [0.4, 0.5) is 5.82 Å². The van der Waals surface area contributed by atoms with Gasteiger partial charge in [-0.25, -0.2) is 4.98 Å². The van der Waals surface area contributed by atoms with Gasteiger partial charge < -0.3 is 15.5 Å². The Hall–Kier alpha value is -3.00. The fourth-order valence-electron chi connectivity index (χ4n) is 4.83. The lowest BCUT2D eigenvalue weighted by molar-refractivity contribution is -0.138. The fourth-order valence-corrected chi connectivity index (χ4v) is 4.83. The predicted molar refractivity (Wildman–Crippen MR) is 124 cm³/mol. The van der Waals surface area contributed by atoms with Crippen molar-refractivity contribution in [1.29, 1.82) is 0 Å². The van der Waals surface area contributed by atoms with Crippen LogP contribution in [-0.2, 0) is 16.2 Å². The third-order valence-electron chi connectivity index (χ3n) is 6.42. The van der Waals surface area contributed by atoms with Gasteiger partial charge in [-0.3, -0.25) is 14.7 Å². The first kappa shape index (κ1) is 22.2. The molecule has 2 N–H and O–H groups in total. The summed E-state index contributed by atoms with van der Waals surface area (Å²) in [6.07, 6.45) is 7.26. The number of anilines is 1. The van der Waals surface area contributed by atoms with Crippen LogP contribution in [0.5, 0.6) is 0 Å². The highest BCUT2D eigenvalue weighted by Gasteiger charge is 2.33. The highest BCUT2D eigenvalue weighted by Crippen LogP contribution is 2.26. The van der Waals surface area contributed by atoms with Crippen LogP contribution in [0.25, 0.3) is 0 Å². The Morgan fingerprint density at radius 2 is 1.97 bits per heavy atom. The summed E-state index contributed by atoms with van der Waals surface area (Å²) < 4.78 is 0. The molecule has 0 saturated carbocycles.